The molecule has 0 radical (unpaired) electrons. The Morgan fingerprint density at radius 1 is 1.29 bits per heavy atom. The van der Waals surface area contributed by atoms with E-state index in [9.17, 15) is 4.79 Å². The largest absolute Gasteiger partial charge is 0.478 e. The van der Waals surface area contributed by atoms with E-state index >= 15 is 0 Å². The van der Waals surface area contributed by atoms with Gasteiger partial charge in [-0.25, -0.2) is 4.79 Å². The van der Waals surface area contributed by atoms with Gasteiger partial charge in [-0.3, -0.25) is 0 Å². The molecule has 0 aliphatic rings. The van der Waals surface area contributed by atoms with Crippen molar-refractivity contribution in [3.63, 3.8) is 0 Å². The Hall–Kier alpha value is -1.39. The maximum Gasteiger partial charge on any atom is 0.328 e. The minimum atomic E-state index is -0.940. The minimum absolute atomic E-state index is 0.885. The Balaban J connectivity index is 2.34. The molecule has 0 amide bonds. The van der Waals surface area contributed by atoms with E-state index in [1.165, 1.54) is 0 Å². The van der Waals surface area contributed by atoms with Crippen molar-refractivity contribution in [2.24, 2.45) is 0 Å². The molecule has 1 aromatic heterocycles. The normalized spacial score (nSPS) is 10.9. The first-order chi connectivity index (χ1) is 8.16. The summed E-state index contributed by atoms with van der Waals surface area (Å²) in [4.78, 5) is 11.6. The van der Waals surface area contributed by atoms with E-state index in [4.69, 9.17) is 5.11 Å². The van der Waals surface area contributed by atoms with Gasteiger partial charge in [-0.2, -0.15) is 0 Å². The molecule has 2 aromatic rings. The van der Waals surface area contributed by atoms with Gasteiger partial charge in [-0.15, -0.1) is 11.3 Å². The summed E-state index contributed by atoms with van der Waals surface area (Å²) < 4.78 is 0.939. The summed E-state index contributed by atoms with van der Waals surface area (Å²) in [6.45, 7) is 0. The van der Waals surface area contributed by atoms with Crippen molar-refractivity contribution in [1.82, 2.24) is 0 Å². The lowest BCUT2D eigenvalue weighted by Crippen LogP contribution is -1.84. The van der Waals surface area contributed by atoms with E-state index in [0.717, 1.165) is 25.9 Å². The Morgan fingerprint density at radius 3 is 2.65 bits per heavy atom. The highest BCUT2D eigenvalue weighted by Crippen LogP contribution is 2.35. The van der Waals surface area contributed by atoms with Gasteiger partial charge in [0.1, 0.15) is 0 Å². The molecule has 0 unspecified atom stereocenters. The zero-order chi connectivity index (χ0) is 12.3. The van der Waals surface area contributed by atoms with Gasteiger partial charge >= 0.3 is 5.97 Å². The Kier molecular flexibility index (Phi) is 3.76. The third-order valence-electron chi connectivity index (χ3n) is 2.18. The number of aliphatic carboxylic acids is 1. The number of carbonyl (C=O) groups is 1. The first-order valence-corrected chi connectivity index (χ1v) is 6.53. The molecule has 0 aliphatic carbocycles. The van der Waals surface area contributed by atoms with Crippen molar-refractivity contribution in [3.8, 4) is 10.4 Å². The second kappa shape index (κ2) is 5.29. The molecule has 0 saturated carbocycles. The Labute approximate surface area is 111 Å². The molecule has 4 heteroatoms. The van der Waals surface area contributed by atoms with Crippen LogP contribution in [0.4, 0.5) is 0 Å². The second-order valence-electron chi connectivity index (χ2n) is 3.38. The highest BCUT2D eigenvalue weighted by Gasteiger charge is 2.06. The maximum atomic E-state index is 10.5. The topological polar surface area (TPSA) is 37.3 Å². The van der Waals surface area contributed by atoms with Gasteiger partial charge in [-0.05, 0) is 33.6 Å². The van der Waals surface area contributed by atoms with Crippen molar-refractivity contribution in [2.75, 3.05) is 0 Å². The lowest BCUT2D eigenvalue weighted by atomic mass is 10.1. The van der Waals surface area contributed by atoms with Crippen molar-refractivity contribution in [2.45, 2.75) is 0 Å². The molecule has 0 bridgehead atoms. The van der Waals surface area contributed by atoms with E-state index in [-0.39, 0.29) is 0 Å². The van der Waals surface area contributed by atoms with Crippen LogP contribution in [0.5, 0.6) is 0 Å². The summed E-state index contributed by atoms with van der Waals surface area (Å²) in [6.07, 6.45) is 2.73. The molecule has 2 rings (SSSR count). The fraction of sp³-hybridized carbons (Fsp3) is 0. The van der Waals surface area contributed by atoms with Crippen LogP contribution in [-0.2, 0) is 4.79 Å². The van der Waals surface area contributed by atoms with Crippen LogP contribution < -0.4 is 0 Å². The second-order valence-corrected chi connectivity index (χ2v) is 5.75. The van der Waals surface area contributed by atoms with E-state index in [0.29, 0.717) is 0 Å². The number of benzene rings is 1. The van der Waals surface area contributed by atoms with Crippen LogP contribution in [0, 0.1) is 0 Å². The molecule has 1 heterocycles. The summed E-state index contributed by atoms with van der Waals surface area (Å²) in [6, 6.07) is 12.0. The molecule has 0 fully saturated rings. The van der Waals surface area contributed by atoms with Gasteiger partial charge in [0.15, 0.2) is 0 Å². The van der Waals surface area contributed by atoms with E-state index in [1.807, 2.05) is 36.4 Å². The average Bonchev–Trinajstić information content (AvgIpc) is 2.69. The number of carboxylic acids is 1. The first-order valence-electron chi connectivity index (χ1n) is 4.92. The zero-order valence-electron chi connectivity index (χ0n) is 8.76. The Morgan fingerprint density at radius 2 is 2.00 bits per heavy atom. The van der Waals surface area contributed by atoms with Gasteiger partial charge in [0.2, 0.25) is 0 Å². The zero-order valence-corrected chi connectivity index (χ0v) is 11.2. The highest BCUT2D eigenvalue weighted by atomic mass is 79.9. The third-order valence-corrected chi connectivity index (χ3v) is 4.11. The monoisotopic (exact) mass is 308 g/mol. The van der Waals surface area contributed by atoms with Crippen molar-refractivity contribution >= 4 is 39.3 Å². The summed E-state index contributed by atoms with van der Waals surface area (Å²) >= 11 is 5.03. The van der Waals surface area contributed by atoms with Crippen molar-refractivity contribution < 1.29 is 9.90 Å². The standard InChI is InChI=1S/C13H9BrO2S/c14-13-10(6-7-12(15)16)8-11(17-13)9-4-2-1-3-5-9/h1-8H,(H,15,16)/b7-6+. The van der Waals surface area contributed by atoms with Crippen LogP contribution in [0.2, 0.25) is 0 Å². The predicted molar refractivity (Wildman–Crippen MR) is 74.1 cm³/mol. The Bertz CT molecular complexity index is 558. The average molecular weight is 309 g/mol. The molecule has 0 atom stereocenters. The smallest absolute Gasteiger partial charge is 0.328 e. The SMILES string of the molecule is O=C(O)/C=C/c1cc(-c2ccccc2)sc1Br. The lowest BCUT2D eigenvalue weighted by molar-refractivity contribution is -0.131. The summed E-state index contributed by atoms with van der Waals surface area (Å²) in [7, 11) is 0. The number of carboxylic acid groups (broad SMARTS) is 1. The maximum absolute atomic E-state index is 10.5. The molecule has 0 spiro atoms. The van der Waals surface area contributed by atoms with Gasteiger partial charge in [0, 0.05) is 16.5 Å². The quantitative estimate of drug-likeness (QED) is 0.860. The van der Waals surface area contributed by atoms with Crippen LogP contribution in [0.15, 0.2) is 46.3 Å². The van der Waals surface area contributed by atoms with Gasteiger partial charge in [0.05, 0.1) is 3.79 Å². The van der Waals surface area contributed by atoms with Crippen LogP contribution in [0.1, 0.15) is 5.56 Å². The van der Waals surface area contributed by atoms with Crippen LogP contribution in [0.3, 0.4) is 0 Å². The molecule has 0 aliphatic heterocycles. The fourth-order valence-corrected chi connectivity index (χ4v) is 3.05. The molecular formula is C13H9BrO2S. The van der Waals surface area contributed by atoms with E-state index in [1.54, 1.807) is 17.4 Å². The van der Waals surface area contributed by atoms with Gasteiger partial charge < -0.3 is 5.11 Å². The third kappa shape index (κ3) is 3.05. The lowest BCUT2D eigenvalue weighted by Gasteiger charge is -1.93. The number of rotatable bonds is 3. The van der Waals surface area contributed by atoms with Crippen LogP contribution in [0.25, 0.3) is 16.5 Å². The number of thiophene rings is 1. The summed E-state index contributed by atoms with van der Waals surface area (Å²) in [5.41, 5.74) is 2.02. The minimum Gasteiger partial charge on any atom is -0.478 e. The molecule has 17 heavy (non-hydrogen) atoms. The number of hydrogen-bond acceptors (Lipinski definition) is 2. The van der Waals surface area contributed by atoms with Gasteiger partial charge in [-0.1, -0.05) is 30.3 Å². The number of halogens is 1. The van der Waals surface area contributed by atoms with Crippen molar-refractivity contribution in [1.29, 1.82) is 0 Å². The molecule has 1 aromatic carbocycles. The molecule has 2 nitrogen and oxygen atoms in total. The molecule has 0 saturated heterocycles. The van der Waals surface area contributed by atoms with Crippen LogP contribution in [-0.4, -0.2) is 11.1 Å². The predicted octanol–water partition coefficient (Wildman–Crippen LogP) is 4.28. The molecular weight excluding hydrogens is 300 g/mol. The number of hydrogen-bond donors (Lipinski definition) is 1. The van der Waals surface area contributed by atoms with Gasteiger partial charge in [0.25, 0.3) is 0 Å². The first kappa shape index (κ1) is 12.1. The van der Waals surface area contributed by atoms with E-state index in [2.05, 4.69) is 15.9 Å². The summed E-state index contributed by atoms with van der Waals surface area (Å²) in [5.74, 6) is -0.940. The fourth-order valence-electron chi connectivity index (χ4n) is 1.40. The van der Waals surface area contributed by atoms with Crippen LogP contribution >= 0.6 is 27.3 Å². The molecule has 86 valence electrons. The van der Waals surface area contributed by atoms with Crippen molar-refractivity contribution in [3.05, 3.63) is 51.8 Å². The molecule has 1 N–H and O–H groups in total. The summed E-state index contributed by atoms with van der Waals surface area (Å²) in [5, 5.41) is 8.59. The highest BCUT2D eigenvalue weighted by molar-refractivity contribution is 9.11. The van der Waals surface area contributed by atoms with E-state index < -0.39 is 5.97 Å².